The number of aromatic nitrogens is 2. The molecule has 1 aliphatic heterocycles. The fourth-order valence-electron chi connectivity index (χ4n) is 4.12. The summed E-state index contributed by atoms with van der Waals surface area (Å²) in [7, 11) is 1.62. The molecule has 0 saturated heterocycles. The Balaban J connectivity index is 1.43. The van der Waals surface area contributed by atoms with Gasteiger partial charge in [0.25, 0.3) is 5.56 Å². The van der Waals surface area contributed by atoms with Crippen LogP contribution in [0.5, 0.6) is 5.75 Å². The summed E-state index contributed by atoms with van der Waals surface area (Å²) < 4.78 is 7.62. The topological polar surface area (TPSA) is 64.4 Å². The van der Waals surface area contributed by atoms with Crippen LogP contribution in [0.3, 0.4) is 0 Å². The average molecular weight is 478 g/mol. The molecule has 4 aromatic rings. The number of aryl methyl sites for hydroxylation is 1. The summed E-state index contributed by atoms with van der Waals surface area (Å²) in [5, 5.41) is 2.42. The van der Waals surface area contributed by atoms with Gasteiger partial charge >= 0.3 is 0 Å². The number of anilines is 1. The van der Waals surface area contributed by atoms with Crippen molar-refractivity contribution in [2.24, 2.45) is 0 Å². The number of amides is 1. The molecule has 8 heteroatoms. The van der Waals surface area contributed by atoms with E-state index in [0.717, 1.165) is 29.8 Å². The number of nitrogens with zero attached hydrogens (tertiary/aromatic N) is 3. The van der Waals surface area contributed by atoms with Crippen LogP contribution in [-0.4, -0.2) is 34.9 Å². The van der Waals surface area contributed by atoms with Gasteiger partial charge in [-0.2, -0.15) is 0 Å². The van der Waals surface area contributed by atoms with Crippen molar-refractivity contribution in [1.82, 2.24) is 9.55 Å². The van der Waals surface area contributed by atoms with Crippen molar-refractivity contribution in [2.75, 3.05) is 24.3 Å². The van der Waals surface area contributed by atoms with E-state index in [9.17, 15) is 9.59 Å². The number of hydrogen-bond acceptors (Lipinski definition) is 6. The maximum Gasteiger partial charge on any atom is 0.272 e. The third kappa shape index (κ3) is 4.41. The van der Waals surface area contributed by atoms with Crippen molar-refractivity contribution in [3.8, 4) is 5.75 Å². The minimum atomic E-state index is -0.0870. The Kier molecular flexibility index (Phi) is 6.20. The first-order valence-electron chi connectivity index (χ1n) is 10.8. The Morgan fingerprint density at radius 3 is 2.94 bits per heavy atom. The largest absolute Gasteiger partial charge is 0.497 e. The molecular weight excluding hydrogens is 454 g/mol. The van der Waals surface area contributed by atoms with Crippen LogP contribution in [-0.2, 0) is 17.8 Å². The molecule has 0 aliphatic carbocycles. The lowest BCUT2D eigenvalue weighted by Gasteiger charge is -2.29. The monoisotopic (exact) mass is 477 g/mol. The van der Waals surface area contributed by atoms with Gasteiger partial charge in [0.05, 0.1) is 24.9 Å². The summed E-state index contributed by atoms with van der Waals surface area (Å²) in [6.45, 7) is 1.07. The molecule has 168 valence electrons. The van der Waals surface area contributed by atoms with E-state index in [0.29, 0.717) is 28.5 Å². The first-order valence-corrected chi connectivity index (χ1v) is 12.6. The van der Waals surface area contributed by atoms with Crippen molar-refractivity contribution >= 4 is 44.9 Å². The Bertz CT molecular complexity index is 1380. The fourth-order valence-corrected chi connectivity index (χ4v) is 5.78. The Morgan fingerprint density at radius 2 is 2.06 bits per heavy atom. The molecule has 1 aliphatic rings. The summed E-state index contributed by atoms with van der Waals surface area (Å²) in [5.41, 5.74) is 3.72. The van der Waals surface area contributed by atoms with Gasteiger partial charge in [0.2, 0.25) is 5.91 Å². The lowest BCUT2D eigenvalue weighted by atomic mass is 10.0. The number of carbonyl (C=O) groups is 1. The van der Waals surface area contributed by atoms with Crippen LogP contribution in [0.1, 0.15) is 17.5 Å². The molecule has 0 radical (unpaired) electrons. The van der Waals surface area contributed by atoms with Crippen molar-refractivity contribution in [3.05, 3.63) is 81.5 Å². The molecule has 2 aromatic carbocycles. The van der Waals surface area contributed by atoms with Crippen LogP contribution in [0.15, 0.2) is 69.9 Å². The number of rotatable bonds is 6. The van der Waals surface area contributed by atoms with Crippen molar-refractivity contribution in [1.29, 1.82) is 0 Å². The lowest BCUT2D eigenvalue weighted by Crippen LogP contribution is -2.36. The Morgan fingerprint density at radius 1 is 1.18 bits per heavy atom. The second-order valence-electron chi connectivity index (χ2n) is 7.84. The first kappa shape index (κ1) is 21.7. The van der Waals surface area contributed by atoms with E-state index >= 15 is 0 Å². The smallest absolute Gasteiger partial charge is 0.272 e. The zero-order valence-corrected chi connectivity index (χ0v) is 19.8. The molecule has 0 fully saturated rings. The van der Waals surface area contributed by atoms with E-state index in [-0.39, 0.29) is 17.2 Å². The van der Waals surface area contributed by atoms with Gasteiger partial charge in [-0.25, -0.2) is 4.98 Å². The number of hydrogen-bond donors (Lipinski definition) is 0. The van der Waals surface area contributed by atoms with Gasteiger partial charge in [-0.05, 0) is 53.6 Å². The summed E-state index contributed by atoms with van der Waals surface area (Å²) in [6, 6.07) is 17.6. The highest BCUT2D eigenvalue weighted by Crippen LogP contribution is 2.28. The van der Waals surface area contributed by atoms with Crippen molar-refractivity contribution < 1.29 is 9.53 Å². The van der Waals surface area contributed by atoms with Gasteiger partial charge in [-0.15, -0.1) is 11.3 Å². The van der Waals surface area contributed by atoms with Gasteiger partial charge in [-0.1, -0.05) is 42.1 Å². The summed E-state index contributed by atoms with van der Waals surface area (Å²) >= 11 is 2.71. The fraction of sp³-hybridized carbons (Fsp3) is 0.240. The molecule has 3 heterocycles. The number of para-hydroxylation sites is 1. The maximum atomic E-state index is 13.3. The highest BCUT2D eigenvalue weighted by Gasteiger charge is 2.23. The number of benzene rings is 2. The summed E-state index contributed by atoms with van der Waals surface area (Å²) in [6.07, 6.45) is 1.94. The van der Waals surface area contributed by atoms with Crippen molar-refractivity contribution in [2.45, 2.75) is 24.5 Å². The van der Waals surface area contributed by atoms with Gasteiger partial charge < -0.3 is 9.64 Å². The maximum absolute atomic E-state index is 13.3. The second-order valence-corrected chi connectivity index (χ2v) is 9.70. The molecule has 33 heavy (non-hydrogen) atoms. The zero-order valence-electron chi connectivity index (χ0n) is 18.2. The average Bonchev–Trinajstić information content (AvgIpc) is 3.33. The predicted molar refractivity (Wildman–Crippen MR) is 134 cm³/mol. The molecule has 0 atom stereocenters. The quantitative estimate of drug-likeness (QED) is 0.300. The third-order valence-corrected chi connectivity index (χ3v) is 7.59. The van der Waals surface area contributed by atoms with Crippen molar-refractivity contribution in [3.63, 3.8) is 0 Å². The highest BCUT2D eigenvalue weighted by atomic mass is 32.2. The lowest BCUT2D eigenvalue weighted by molar-refractivity contribution is -0.116. The molecule has 5 rings (SSSR count). The number of fused-ring (bicyclic) bond motifs is 2. The molecule has 0 N–H and O–H groups in total. The number of methoxy groups -OCH3 is 1. The zero-order chi connectivity index (χ0) is 22.8. The molecule has 1 amide bonds. The van der Waals surface area contributed by atoms with E-state index < -0.39 is 0 Å². The number of thiophene rings is 1. The molecule has 0 saturated carbocycles. The Labute approximate surface area is 199 Å². The van der Waals surface area contributed by atoms with Crippen LogP contribution in [0.25, 0.3) is 10.2 Å². The van der Waals surface area contributed by atoms with Crippen LogP contribution in [0, 0.1) is 0 Å². The molecule has 0 bridgehead atoms. The van der Waals surface area contributed by atoms with Crippen LogP contribution >= 0.6 is 23.1 Å². The van der Waals surface area contributed by atoms with E-state index in [1.54, 1.807) is 11.7 Å². The summed E-state index contributed by atoms with van der Waals surface area (Å²) in [4.78, 5) is 33.0. The minimum Gasteiger partial charge on any atom is -0.497 e. The van der Waals surface area contributed by atoms with Crippen LogP contribution in [0.4, 0.5) is 5.69 Å². The third-order valence-electron chi connectivity index (χ3n) is 5.74. The highest BCUT2D eigenvalue weighted by molar-refractivity contribution is 7.99. The Hall–Kier alpha value is -3.10. The predicted octanol–water partition coefficient (Wildman–Crippen LogP) is 4.59. The first-order chi connectivity index (χ1) is 16.1. The second kappa shape index (κ2) is 9.41. The van der Waals surface area contributed by atoms with E-state index in [1.165, 1.54) is 28.7 Å². The summed E-state index contributed by atoms with van der Waals surface area (Å²) in [5.74, 6) is 0.979. The number of ether oxygens (including phenoxy) is 1. The van der Waals surface area contributed by atoms with E-state index in [1.807, 2.05) is 58.8 Å². The van der Waals surface area contributed by atoms with Crippen LogP contribution in [0.2, 0.25) is 0 Å². The van der Waals surface area contributed by atoms with Crippen LogP contribution < -0.4 is 15.2 Å². The number of thioether (sulfide) groups is 1. The van der Waals surface area contributed by atoms with Gasteiger partial charge in [-0.3, -0.25) is 14.2 Å². The molecular formula is C25H23N3O3S2. The number of carbonyl (C=O) groups excluding carboxylic acids is 1. The van der Waals surface area contributed by atoms with Gasteiger partial charge in [0.1, 0.15) is 10.4 Å². The van der Waals surface area contributed by atoms with E-state index in [4.69, 9.17) is 9.72 Å². The standard InChI is InChI=1S/C25H23N3O3S2/c1-31-19-9-4-6-17(14-19)15-28-24(30)23-20(11-13-32-23)26-25(28)33-16-22(29)27-12-5-8-18-7-2-3-10-21(18)27/h2-4,6-7,9-11,13-14H,5,8,12,15-16H2,1H3. The molecule has 0 spiro atoms. The molecule has 0 unspecified atom stereocenters. The SMILES string of the molecule is COc1cccc(Cn2c(SCC(=O)N3CCCc4ccccc43)nc3ccsc3c2=O)c1. The van der Waals surface area contributed by atoms with E-state index in [2.05, 4.69) is 6.07 Å². The van der Waals surface area contributed by atoms with Gasteiger partial charge in [0, 0.05) is 12.2 Å². The van der Waals surface area contributed by atoms with Gasteiger partial charge in [0.15, 0.2) is 5.16 Å². The molecule has 2 aromatic heterocycles. The minimum absolute atomic E-state index is 0.0275. The molecule has 6 nitrogen and oxygen atoms in total. The normalized spacial score (nSPS) is 13.2.